The lowest BCUT2D eigenvalue weighted by Gasteiger charge is -2.24. The molecule has 1 aliphatic heterocycles. The number of aliphatic hydroxyl groups excluding tert-OH is 1. The van der Waals surface area contributed by atoms with Crippen LogP contribution >= 0.6 is 0 Å². The smallest absolute Gasteiger partial charge is 0.144 e. The first kappa shape index (κ1) is 14.8. The highest BCUT2D eigenvalue weighted by Crippen LogP contribution is 2.43. The number of hydrogen-bond donors (Lipinski definition) is 1. The van der Waals surface area contributed by atoms with Crippen LogP contribution in [0.25, 0.3) is 0 Å². The van der Waals surface area contributed by atoms with Gasteiger partial charge in [-0.25, -0.2) is 8.78 Å². The topological polar surface area (TPSA) is 49.5 Å². The summed E-state index contributed by atoms with van der Waals surface area (Å²) in [7, 11) is 0. The second kappa shape index (κ2) is 5.69. The van der Waals surface area contributed by atoms with Crippen LogP contribution in [0.1, 0.15) is 48.1 Å². The van der Waals surface area contributed by atoms with Crippen molar-refractivity contribution in [2.24, 2.45) is 0 Å². The molecular weight excluding hydrogens is 302 g/mol. The van der Waals surface area contributed by atoms with Crippen LogP contribution in [0.3, 0.4) is 0 Å². The number of hydrogen-bond acceptors (Lipinski definition) is 4. The maximum Gasteiger partial charge on any atom is 0.144 e. The first-order valence-electron chi connectivity index (χ1n) is 7.92. The summed E-state index contributed by atoms with van der Waals surface area (Å²) >= 11 is 0. The number of nitrogens with zero attached hydrogens (tertiary/aromatic N) is 2. The van der Waals surface area contributed by atoms with Crippen LogP contribution in [0, 0.1) is 11.6 Å². The number of aliphatic hydroxyl groups is 1. The molecule has 1 N–H and O–H groups in total. The average Bonchev–Trinajstić information content (AvgIpc) is 3.16. The third-order valence-electron chi connectivity index (χ3n) is 4.70. The molecule has 4 nitrogen and oxygen atoms in total. The minimum absolute atomic E-state index is 0.297. The van der Waals surface area contributed by atoms with Gasteiger partial charge in [0.2, 0.25) is 0 Å². The maximum absolute atomic E-state index is 14.1. The summed E-state index contributed by atoms with van der Waals surface area (Å²) in [6, 6.07) is 3.13. The van der Waals surface area contributed by atoms with E-state index in [2.05, 4.69) is 5.16 Å². The second-order valence-corrected chi connectivity index (χ2v) is 6.49. The van der Waals surface area contributed by atoms with Gasteiger partial charge in [-0.05, 0) is 37.5 Å². The summed E-state index contributed by atoms with van der Waals surface area (Å²) in [6.45, 7) is 0.947. The van der Waals surface area contributed by atoms with Crippen molar-refractivity contribution >= 4 is 0 Å². The van der Waals surface area contributed by atoms with Gasteiger partial charge in [0.1, 0.15) is 17.4 Å². The third kappa shape index (κ3) is 2.88. The Labute approximate surface area is 132 Å². The fraction of sp³-hybridized carbons (Fsp3) is 0.471. The summed E-state index contributed by atoms with van der Waals surface area (Å²) in [5, 5.41) is 13.9. The monoisotopic (exact) mass is 320 g/mol. The predicted octanol–water partition coefficient (Wildman–Crippen LogP) is 3.14. The van der Waals surface area contributed by atoms with Gasteiger partial charge in [-0.2, -0.15) is 0 Å². The Bertz CT molecular complexity index is 714. The van der Waals surface area contributed by atoms with Crippen molar-refractivity contribution in [1.29, 1.82) is 0 Å². The van der Waals surface area contributed by atoms with Gasteiger partial charge in [0, 0.05) is 36.2 Å². The number of likely N-dealkylation sites (tertiary alicyclic amines) is 1. The number of rotatable bonds is 4. The van der Waals surface area contributed by atoms with Gasteiger partial charge in [-0.15, -0.1) is 0 Å². The zero-order valence-corrected chi connectivity index (χ0v) is 12.6. The molecule has 0 amide bonds. The summed E-state index contributed by atoms with van der Waals surface area (Å²) in [4.78, 5) is 1.97. The molecule has 1 aliphatic carbocycles. The lowest BCUT2D eigenvalue weighted by Crippen LogP contribution is -2.25. The van der Waals surface area contributed by atoms with Gasteiger partial charge in [-0.1, -0.05) is 5.16 Å². The number of aromatic nitrogens is 1. The zero-order chi connectivity index (χ0) is 16.0. The van der Waals surface area contributed by atoms with Gasteiger partial charge in [0.25, 0.3) is 0 Å². The summed E-state index contributed by atoms with van der Waals surface area (Å²) in [5.74, 6) is 0.420. The lowest BCUT2D eigenvalue weighted by molar-refractivity contribution is 0.172. The molecule has 1 saturated heterocycles. The SMILES string of the molecule is O[C@@H]1C[C@H](c2cc(F)ccc2F)N(Cc2cnoc2C2CC2)C1. The highest BCUT2D eigenvalue weighted by molar-refractivity contribution is 5.26. The molecule has 1 saturated carbocycles. The Hall–Kier alpha value is -1.79. The fourth-order valence-corrected chi connectivity index (χ4v) is 3.44. The fourth-order valence-electron chi connectivity index (χ4n) is 3.44. The maximum atomic E-state index is 14.1. The highest BCUT2D eigenvalue weighted by atomic mass is 19.1. The first-order chi connectivity index (χ1) is 11.1. The number of benzene rings is 1. The van der Waals surface area contributed by atoms with E-state index in [0.717, 1.165) is 36.3 Å². The van der Waals surface area contributed by atoms with E-state index < -0.39 is 17.7 Å². The molecule has 4 rings (SSSR count). The Kier molecular flexibility index (Phi) is 3.66. The molecule has 1 aromatic carbocycles. The normalized spacial score (nSPS) is 25.2. The van der Waals surface area contributed by atoms with E-state index in [1.807, 2.05) is 4.90 Å². The molecule has 0 bridgehead atoms. The standard InChI is InChI=1S/C17H18F2N2O2/c18-12-3-4-15(19)14(5-12)16-6-13(22)9-21(16)8-11-7-20-23-17(11)10-1-2-10/h3-5,7,10,13,16,22H,1-2,6,8-9H2/t13-,16-/m1/s1. The highest BCUT2D eigenvalue weighted by Gasteiger charge is 2.36. The van der Waals surface area contributed by atoms with Crippen molar-refractivity contribution in [2.45, 2.75) is 43.9 Å². The van der Waals surface area contributed by atoms with Crippen LogP contribution in [0.5, 0.6) is 0 Å². The lowest BCUT2D eigenvalue weighted by atomic mass is 10.0. The number of β-amino-alcohol motifs (C(OH)–C–C–N with tert-alkyl or cyclic N) is 1. The van der Waals surface area contributed by atoms with Crippen molar-refractivity contribution in [3.8, 4) is 0 Å². The summed E-state index contributed by atoms with van der Waals surface area (Å²) < 4.78 is 33.0. The van der Waals surface area contributed by atoms with Crippen LogP contribution in [-0.4, -0.2) is 27.8 Å². The molecule has 0 spiro atoms. The minimum atomic E-state index is -0.549. The van der Waals surface area contributed by atoms with Crippen molar-refractivity contribution in [2.75, 3.05) is 6.54 Å². The van der Waals surface area contributed by atoms with E-state index in [-0.39, 0.29) is 6.04 Å². The third-order valence-corrected chi connectivity index (χ3v) is 4.70. The molecule has 122 valence electrons. The summed E-state index contributed by atoms with van der Waals surface area (Å²) in [5.41, 5.74) is 1.27. The van der Waals surface area contributed by atoms with Gasteiger partial charge >= 0.3 is 0 Å². The van der Waals surface area contributed by atoms with Crippen LogP contribution in [0.15, 0.2) is 28.9 Å². The average molecular weight is 320 g/mol. The molecule has 2 atom stereocenters. The van der Waals surface area contributed by atoms with Crippen LogP contribution in [0.2, 0.25) is 0 Å². The second-order valence-electron chi connectivity index (χ2n) is 6.49. The Morgan fingerprint density at radius 2 is 2.13 bits per heavy atom. The van der Waals surface area contributed by atoms with E-state index in [1.54, 1.807) is 6.20 Å². The minimum Gasteiger partial charge on any atom is -0.392 e. The Morgan fingerprint density at radius 3 is 2.91 bits per heavy atom. The molecule has 2 heterocycles. The van der Waals surface area contributed by atoms with Crippen molar-refractivity contribution in [1.82, 2.24) is 10.1 Å². The van der Waals surface area contributed by atoms with Crippen LogP contribution in [-0.2, 0) is 6.54 Å². The van der Waals surface area contributed by atoms with Crippen LogP contribution < -0.4 is 0 Å². The molecule has 23 heavy (non-hydrogen) atoms. The number of halogens is 2. The van der Waals surface area contributed by atoms with E-state index >= 15 is 0 Å². The van der Waals surface area contributed by atoms with Gasteiger partial charge in [0.05, 0.1) is 12.3 Å². The predicted molar refractivity (Wildman–Crippen MR) is 78.6 cm³/mol. The molecule has 2 aromatic rings. The van der Waals surface area contributed by atoms with E-state index in [9.17, 15) is 13.9 Å². The van der Waals surface area contributed by atoms with E-state index in [0.29, 0.717) is 31.0 Å². The van der Waals surface area contributed by atoms with E-state index in [4.69, 9.17) is 4.52 Å². The molecule has 2 fully saturated rings. The van der Waals surface area contributed by atoms with Gasteiger partial charge < -0.3 is 9.63 Å². The van der Waals surface area contributed by atoms with Gasteiger partial charge in [0.15, 0.2) is 0 Å². The molecule has 0 unspecified atom stereocenters. The molecular formula is C17H18F2N2O2. The van der Waals surface area contributed by atoms with Crippen molar-refractivity contribution < 1.29 is 18.4 Å². The quantitative estimate of drug-likeness (QED) is 0.940. The Morgan fingerprint density at radius 1 is 1.30 bits per heavy atom. The van der Waals surface area contributed by atoms with Gasteiger partial charge in [-0.3, -0.25) is 4.90 Å². The largest absolute Gasteiger partial charge is 0.392 e. The van der Waals surface area contributed by atoms with Crippen molar-refractivity contribution in [3.63, 3.8) is 0 Å². The molecule has 0 radical (unpaired) electrons. The Balaban J connectivity index is 1.61. The molecule has 6 heteroatoms. The van der Waals surface area contributed by atoms with Crippen molar-refractivity contribution in [3.05, 3.63) is 52.9 Å². The molecule has 1 aromatic heterocycles. The molecule has 2 aliphatic rings. The van der Waals surface area contributed by atoms with E-state index in [1.165, 1.54) is 6.07 Å². The first-order valence-corrected chi connectivity index (χ1v) is 7.92. The van der Waals surface area contributed by atoms with Crippen LogP contribution in [0.4, 0.5) is 8.78 Å². The zero-order valence-electron chi connectivity index (χ0n) is 12.6. The summed E-state index contributed by atoms with van der Waals surface area (Å²) in [6.07, 6.45) is 3.74.